The fourth-order valence-electron chi connectivity index (χ4n) is 4.48. The van der Waals surface area contributed by atoms with Gasteiger partial charge in [-0.25, -0.2) is 0 Å². The second kappa shape index (κ2) is 8.81. The van der Waals surface area contributed by atoms with Crippen molar-refractivity contribution in [2.45, 2.75) is 16.9 Å². The van der Waals surface area contributed by atoms with Gasteiger partial charge in [-0.1, -0.05) is 18.2 Å². The minimum Gasteiger partial charge on any atom is -0.380 e. The Morgan fingerprint density at radius 3 is 2.88 bits per heavy atom. The lowest BCUT2D eigenvalue weighted by Gasteiger charge is -2.25. The molecule has 0 radical (unpaired) electrons. The summed E-state index contributed by atoms with van der Waals surface area (Å²) in [6, 6.07) is 17.8. The lowest BCUT2D eigenvalue weighted by atomic mass is 10.1. The van der Waals surface area contributed by atoms with Gasteiger partial charge in [-0.2, -0.15) is 0 Å². The van der Waals surface area contributed by atoms with Crippen molar-refractivity contribution in [3.63, 3.8) is 0 Å². The maximum atomic E-state index is 13.2. The van der Waals surface area contributed by atoms with Crippen LogP contribution >= 0.6 is 34.9 Å². The monoisotopic (exact) mass is 506 g/mol. The number of nitrogens with one attached hydrogen (secondary N) is 3. The van der Waals surface area contributed by atoms with Gasteiger partial charge in [0.25, 0.3) is 5.91 Å². The third-order valence-electron chi connectivity index (χ3n) is 6.10. The summed E-state index contributed by atoms with van der Waals surface area (Å²) >= 11 is 4.94. The zero-order valence-electron chi connectivity index (χ0n) is 18.1. The third kappa shape index (κ3) is 3.73. The van der Waals surface area contributed by atoms with Gasteiger partial charge in [0.15, 0.2) is 6.23 Å². The van der Waals surface area contributed by atoms with Crippen molar-refractivity contribution < 1.29 is 9.90 Å². The number of benzene rings is 2. The van der Waals surface area contributed by atoms with Crippen LogP contribution in [0.15, 0.2) is 66.2 Å². The number of pyridine rings is 1. The number of hydrogen-bond donors (Lipinski definition) is 4. The zero-order chi connectivity index (χ0) is 23.1. The number of carbonyl (C=O) groups excluding carboxylic acids is 1. The summed E-state index contributed by atoms with van der Waals surface area (Å²) in [6.45, 7) is 0.597. The average Bonchev–Trinajstić information content (AvgIpc) is 3.59. The quantitative estimate of drug-likeness (QED) is 0.283. The second-order valence-corrected chi connectivity index (χ2v) is 12.0. The molecule has 4 N–H and O–H groups in total. The van der Waals surface area contributed by atoms with Crippen molar-refractivity contribution in [2.75, 3.05) is 27.5 Å². The highest BCUT2D eigenvalue weighted by Crippen LogP contribution is 2.59. The Bertz CT molecular complexity index is 1380. The zero-order valence-corrected chi connectivity index (χ0v) is 20.5. The SMILES string of the molecule is O=C(Nc1ccc2c(c1)C1(SCCS1)C(O)N2)c1sccc1NCc1ccnc2ccccc12. The van der Waals surface area contributed by atoms with Crippen molar-refractivity contribution in [2.24, 2.45) is 0 Å². The molecule has 9 heteroatoms. The van der Waals surface area contributed by atoms with Gasteiger partial charge in [0.1, 0.15) is 8.96 Å². The second-order valence-electron chi connectivity index (χ2n) is 8.13. The molecule has 1 fully saturated rings. The summed E-state index contributed by atoms with van der Waals surface area (Å²) in [5.41, 5.74) is 5.59. The van der Waals surface area contributed by atoms with Gasteiger partial charge in [-0.15, -0.1) is 34.9 Å². The molecule has 6 rings (SSSR count). The van der Waals surface area contributed by atoms with E-state index >= 15 is 0 Å². The molecule has 2 aromatic carbocycles. The Kier molecular flexibility index (Phi) is 5.65. The van der Waals surface area contributed by atoms with E-state index in [1.807, 2.05) is 60.1 Å². The summed E-state index contributed by atoms with van der Waals surface area (Å²) in [7, 11) is 0. The van der Waals surface area contributed by atoms with Crippen LogP contribution in [0.4, 0.5) is 17.1 Å². The first-order valence-electron chi connectivity index (χ1n) is 11.0. The topological polar surface area (TPSA) is 86.3 Å². The fourth-order valence-corrected chi connectivity index (χ4v) is 8.43. The summed E-state index contributed by atoms with van der Waals surface area (Å²) in [5.74, 6) is 1.84. The first-order valence-corrected chi connectivity index (χ1v) is 13.8. The number of hydrogen-bond acceptors (Lipinski definition) is 8. The van der Waals surface area contributed by atoms with E-state index in [1.54, 1.807) is 23.5 Å². The molecule has 172 valence electrons. The van der Waals surface area contributed by atoms with E-state index in [4.69, 9.17) is 0 Å². The van der Waals surface area contributed by atoms with Crippen LogP contribution in [0, 0.1) is 0 Å². The van der Waals surface area contributed by atoms with Crippen LogP contribution in [0.2, 0.25) is 0 Å². The molecule has 1 unspecified atom stereocenters. The van der Waals surface area contributed by atoms with Gasteiger partial charge in [0, 0.05) is 46.6 Å². The van der Waals surface area contributed by atoms with E-state index in [1.165, 1.54) is 11.3 Å². The van der Waals surface area contributed by atoms with Gasteiger partial charge in [0.2, 0.25) is 0 Å². The number of aliphatic hydroxyl groups is 1. The van der Waals surface area contributed by atoms with E-state index < -0.39 is 10.3 Å². The molecule has 34 heavy (non-hydrogen) atoms. The van der Waals surface area contributed by atoms with Crippen LogP contribution in [0.3, 0.4) is 0 Å². The minimum atomic E-state index is -0.636. The molecule has 0 saturated carbocycles. The highest BCUT2D eigenvalue weighted by Gasteiger charge is 2.50. The van der Waals surface area contributed by atoms with E-state index in [9.17, 15) is 9.90 Å². The van der Waals surface area contributed by atoms with Crippen LogP contribution in [0.5, 0.6) is 0 Å². The van der Waals surface area contributed by atoms with Gasteiger partial charge in [0.05, 0.1) is 11.2 Å². The Morgan fingerprint density at radius 1 is 1.15 bits per heavy atom. The van der Waals surface area contributed by atoms with Crippen molar-refractivity contribution in [1.82, 2.24) is 4.98 Å². The number of aliphatic hydroxyl groups excluding tert-OH is 1. The normalized spacial score (nSPS) is 18.1. The molecule has 1 atom stereocenters. The molecule has 2 aliphatic heterocycles. The molecule has 2 aromatic heterocycles. The number of rotatable bonds is 5. The Hall–Kier alpha value is -2.72. The van der Waals surface area contributed by atoms with Crippen LogP contribution in [-0.4, -0.2) is 33.7 Å². The lowest BCUT2D eigenvalue weighted by molar-refractivity contribution is 0.103. The Morgan fingerprint density at radius 2 is 2.00 bits per heavy atom. The molecule has 0 bridgehead atoms. The Labute approximate surface area is 209 Å². The maximum Gasteiger partial charge on any atom is 0.267 e. The average molecular weight is 507 g/mol. The van der Waals surface area contributed by atoms with Crippen LogP contribution in [0.25, 0.3) is 10.9 Å². The third-order valence-corrected chi connectivity index (χ3v) is 10.5. The van der Waals surface area contributed by atoms with Crippen LogP contribution in [-0.2, 0) is 10.6 Å². The number of nitrogens with zero attached hydrogens (tertiary/aromatic N) is 1. The van der Waals surface area contributed by atoms with Crippen molar-refractivity contribution >= 4 is 68.7 Å². The number of thiophene rings is 1. The molecule has 1 spiro atoms. The number of anilines is 3. The maximum absolute atomic E-state index is 13.2. The van der Waals surface area contributed by atoms with Crippen LogP contribution in [0.1, 0.15) is 20.8 Å². The highest BCUT2D eigenvalue weighted by atomic mass is 32.2. The van der Waals surface area contributed by atoms with Gasteiger partial charge in [-0.05, 0) is 47.3 Å². The molecule has 4 aromatic rings. The predicted molar refractivity (Wildman–Crippen MR) is 144 cm³/mol. The molecule has 1 amide bonds. The van der Waals surface area contributed by atoms with Gasteiger partial charge < -0.3 is 21.1 Å². The number of thioether (sulfide) groups is 2. The largest absolute Gasteiger partial charge is 0.380 e. The number of aromatic nitrogens is 1. The number of amides is 1. The minimum absolute atomic E-state index is 0.149. The summed E-state index contributed by atoms with van der Waals surface area (Å²) in [6.07, 6.45) is 1.18. The Balaban J connectivity index is 1.20. The molecule has 0 aliphatic carbocycles. The van der Waals surface area contributed by atoms with Crippen molar-refractivity contribution in [3.8, 4) is 0 Å². The van der Waals surface area contributed by atoms with Crippen LogP contribution < -0.4 is 16.0 Å². The first kappa shape index (κ1) is 21.8. The predicted octanol–water partition coefficient (Wildman–Crippen LogP) is 5.54. The molecule has 4 heterocycles. The molecular formula is C25H22N4O2S3. The fraction of sp³-hybridized carbons (Fsp3) is 0.200. The summed E-state index contributed by atoms with van der Waals surface area (Å²) in [5, 5.41) is 23.3. The van der Waals surface area contributed by atoms with Crippen molar-refractivity contribution in [1.29, 1.82) is 0 Å². The van der Waals surface area contributed by atoms with E-state index in [2.05, 4.69) is 27.0 Å². The lowest BCUT2D eigenvalue weighted by Crippen LogP contribution is -2.30. The molecule has 1 saturated heterocycles. The molecule has 6 nitrogen and oxygen atoms in total. The standard InChI is InChI=1S/C25H22N4O2S3/c30-23(28-16-5-6-20-18(13-16)25(24(31)29-20)33-11-12-34-25)22-21(8-10-32-22)27-14-15-7-9-26-19-4-2-1-3-17(15)19/h1-10,13,24,27,29,31H,11-12,14H2,(H,28,30). The number of carbonyl (C=O) groups is 1. The summed E-state index contributed by atoms with van der Waals surface area (Å²) in [4.78, 5) is 18.2. The van der Waals surface area contributed by atoms with E-state index in [-0.39, 0.29) is 5.91 Å². The van der Waals surface area contributed by atoms with E-state index in [0.29, 0.717) is 11.4 Å². The number of para-hydroxylation sites is 1. The van der Waals surface area contributed by atoms with Gasteiger partial charge in [-0.3, -0.25) is 9.78 Å². The molecular weight excluding hydrogens is 485 g/mol. The van der Waals surface area contributed by atoms with E-state index in [0.717, 1.165) is 50.6 Å². The van der Waals surface area contributed by atoms with Crippen molar-refractivity contribution in [3.05, 3.63) is 82.2 Å². The first-order chi connectivity index (χ1) is 16.6. The number of fused-ring (bicyclic) bond motifs is 3. The summed E-state index contributed by atoms with van der Waals surface area (Å²) < 4.78 is -0.404. The molecule has 2 aliphatic rings. The van der Waals surface area contributed by atoms with Gasteiger partial charge >= 0.3 is 0 Å². The smallest absolute Gasteiger partial charge is 0.267 e. The highest BCUT2D eigenvalue weighted by molar-refractivity contribution is 8.20.